The topological polar surface area (TPSA) is 42.0 Å². The number of anilines is 1. The molecule has 3 rings (SSSR count). The molecule has 0 aliphatic heterocycles. The minimum atomic E-state index is -1.63. The van der Waals surface area contributed by atoms with Crippen molar-refractivity contribution in [2.45, 2.75) is 0 Å². The first-order valence-electron chi connectivity index (χ1n) is 6.51. The molecule has 23 heavy (non-hydrogen) atoms. The van der Waals surface area contributed by atoms with Crippen LogP contribution in [-0.2, 0) is 0 Å². The highest BCUT2D eigenvalue weighted by molar-refractivity contribution is 7.13. The highest BCUT2D eigenvalue weighted by Gasteiger charge is 2.16. The third kappa shape index (κ3) is 3.09. The van der Waals surface area contributed by atoms with Crippen molar-refractivity contribution in [3.05, 3.63) is 71.0 Å². The highest BCUT2D eigenvalue weighted by Crippen LogP contribution is 2.24. The van der Waals surface area contributed by atoms with Crippen molar-refractivity contribution in [2.24, 2.45) is 0 Å². The Morgan fingerprint density at radius 3 is 2.65 bits per heavy atom. The molecule has 0 radical (unpaired) electrons. The second kappa shape index (κ2) is 6.21. The van der Waals surface area contributed by atoms with E-state index in [0.29, 0.717) is 0 Å². The molecule has 0 saturated heterocycles. The summed E-state index contributed by atoms with van der Waals surface area (Å²) < 4.78 is 39.7. The van der Waals surface area contributed by atoms with E-state index in [0.717, 1.165) is 22.7 Å². The van der Waals surface area contributed by atoms with Crippen LogP contribution in [0.2, 0.25) is 0 Å². The number of halogens is 3. The van der Waals surface area contributed by atoms with Gasteiger partial charge in [-0.15, -0.1) is 11.3 Å². The molecule has 3 nitrogen and oxygen atoms in total. The fourth-order valence-corrected chi connectivity index (χ4v) is 2.61. The maximum Gasteiger partial charge on any atom is 0.255 e. The molecule has 0 unspecified atom stereocenters. The summed E-state index contributed by atoms with van der Waals surface area (Å²) in [5.41, 5.74) is 0.564. The molecule has 1 N–H and O–H groups in total. The second-order valence-corrected chi connectivity index (χ2v) is 5.49. The number of carbonyl (C=O) groups is 1. The molecular formula is C16H9F3N2OS. The van der Waals surface area contributed by atoms with Crippen LogP contribution in [0.3, 0.4) is 0 Å². The first-order valence-corrected chi connectivity index (χ1v) is 7.39. The van der Waals surface area contributed by atoms with E-state index in [4.69, 9.17) is 0 Å². The Hall–Kier alpha value is -2.67. The molecular weight excluding hydrogens is 325 g/mol. The maximum absolute atomic E-state index is 13.6. The monoisotopic (exact) mass is 334 g/mol. The Morgan fingerprint density at radius 2 is 1.91 bits per heavy atom. The Bertz CT molecular complexity index is 866. The summed E-state index contributed by atoms with van der Waals surface area (Å²) in [6.45, 7) is 0. The van der Waals surface area contributed by atoms with E-state index in [9.17, 15) is 18.0 Å². The van der Waals surface area contributed by atoms with Crippen LogP contribution < -0.4 is 5.32 Å². The Kier molecular flexibility index (Phi) is 4.12. The largest absolute Gasteiger partial charge is 0.319 e. The summed E-state index contributed by atoms with van der Waals surface area (Å²) in [6.07, 6.45) is 1.64. The van der Waals surface area contributed by atoms with Crippen molar-refractivity contribution >= 4 is 22.9 Å². The van der Waals surface area contributed by atoms with Gasteiger partial charge in [-0.1, -0.05) is 12.1 Å². The molecule has 0 bridgehead atoms. The van der Waals surface area contributed by atoms with E-state index >= 15 is 0 Å². The van der Waals surface area contributed by atoms with Crippen LogP contribution in [0, 0.1) is 17.5 Å². The number of thiazole rings is 1. The normalized spacial score (nSPS) is 10.6. The first kappa shape index (κ1) is 15.2. The Balaban J connectivity index is 1.87. The van der Waals surface area contributed by atoms with Crippen molar-refractivity contribution in [1.29, 1.82) is 0 Å². The van der Waals surface area contributed by atoms with Gasteiger partial charge in [0.05, 0.1) is 5.69 Å². The van der Waals surface area contributed by atoms with Crippen LogP contribution in [0.4, 0.5) is 18.9 Å². The number of nitrogens with zero attached hydrogens (tertiary/aromatic N) is 1. The predicted molar refractivity (Wildman–Crippen MR) is 81.8 cm³/mol. The molecule has 0 saturated carbocycles. The Morgan fingerprint density at radius 1 is 1.09 bits per heavy atom. The summed E-state index contributed by atoms with van der Waals surface area (Å²) in [4.78, 5) is 16.3. The van der Waals surface area contributed by atoms with Crippen molar-refractivity contribution in [1.82, 2.24) is 4.98 Å². The minimum Gasteiger partial charge on any atom is -0.319 e. The van der Waals surface area contributed by atoms with Gasteiger partial charge < -0.3 is 5.32 Å². The van der Waals surface area contributed by atoms with Crippen LogP contribution in [0.1, 0.15) is 10.4 Å². The van der Waals surface area contributed by atoms with Gasteiger partial charge in [0.15, 0.2) is 17.5 Å². The summed E-state index contributed by atoms with van der Waals surface area (Å²) in [5, 5.41) is 4.77. The lowest BCUT2D eigenvalue weighted by Gasteiger charge is -2.08. The maximum atomic E-state index is 13.6. The van der Waals surface area contributed by atoms with E-state index in [1.165, 1.54) is 17.4 Å². The van der Waals surface area contributed by atoms with Crippen molar-refractivity contribution in [3.8, 4) is 10.6 Å². The minimum absolute atomic E-state index is 0.252. The van der Waals surface area contributed by atoms with Crippen LogP contribution in [0.15, 0.2) is 48.0 Å². The quantitative estimate of drug-likeness (QED) is 0.718. The Labute approximate surface area is 133 Å². The van der Waals surface area contributed by atoms with Gasteiger partial charge in [0.25, 0.3) is 5.91 Å². The van der Waals surface area contributed by atoms with Crippen molar-refractivity contribution < 1.29 is 18.0 Å². The number of hydrogen-bond donors (Lipinski definition) is 1. The van der Waals surface area contributed by atoms with Crippen LogP contribution in [0.5, 0.6) is 0 Å². The van der Waals surface area contributed by atoms with Gasteiger partial charge in [0, 0.05) is 22.7 Å². The lowest BCUT2D eigenvalue weighted by atomic mass is 10.1. The van der Waals surface area contributed by atoms with Gasteiger partial charge in [-0.3, -0.25) is 4.79 Å². The summed E-state index contributed by atoms with van der Waals surface area (Å²) in [7, 11) is 0. The molecule has 0 atom stereocenters. The van der Waals surface area contributed by atoms with E-state index in [1.54, 1.807) is 29.8 Å². The summed E-state index contributed by atoms with van der Waals surface area (Å²) in [6, 6.07) is 8.29. The van der Waals surface area contributed by atoms with Gasteiger partial charge in [0.1, 0.15) is 5.01 Å². The van der Waals surface area contributed by atoms with Gasteiger partial charge in [-0.2, -0.15) is 0 Å². The number of benzene rings is 2. The van der Waals surface area contributed by atoms with Gasteiger partial charge in [0.2, 0.25) is 0 Å². The molecule has 0 fully saturated rings. The summed E-state index contributed by atoms with van der Waals surface area (Å²) in [5.74, 6) is -5.01. The van der Waals surface area contributed by atoms with Crippen LogP contribution in [-0.4, -0.2) is 10.9 Å². The third-order valence-corrected chi connectivity index (χ3v) is 3.91. The zero-order valence-electron chi connectivity index (χ0n) is 11.5. The molecule has 1 aromatic heterocycles. The molecule has 0 aliphatic rings. The molecule has 3 aromatic rings. The lowest BCUT2D eigenvalue weighted by Crippen LogP contribution is -2.14. The summed E-state index contributed by atoms with van der Waals surface area (Å²) >= 11 is 1.41. The van der Waals surface area contributed by atoms with Gasteiger partial charge in [-0.05, 0) is 24.3 Å². The van der Waals surface area contributed by atoms with E-state index < -0.39 is 29.0 Å². The van der Waals surface area contributed by atoms with Gasteiger partial charge >= 0.3 is 0 Å². The number of rotatable bonds is 3. The molecule has 2 aromatic carbocycles. The fourth-order valence-electron chi connectivity index (χ4n) is 1.98. The zero-order valence-corrected chi connectivity index (χ0v) is 12.3. The lowest BCUT2D eigenvalue weighted by molar-refractivity contribution is 0.102. The standard InChI is InChI=1S/C16H9F3N2OS/c17-11-4-5-12(14(19)13(11)18)21-15(22)9-2-1-3-10(8-9)16-20-6-7-23-16/h1-8H,(H,21,22). The van der Waals surface area contributed by atoms with Crippen LogP contribution >= 0.6 is 11.3 Å². The zero-order chi connectivity index (χ0) is 16.4. The average Bonchev–Trinajstić information content (AvgIpc) is 3.10. The number of carbonyl (C=O) groups excluding carboxylic acids is 1. The van der Waals surface area contributed by atoms with Gasteiger partial charge in [-0.25, -0.2) is 18.2 Å². The average molecular weight is 334 g/mol. The third-order valence-electron chi connectivity index (χ3n) is 3.09. The molecule has 1 amide bonds. The first-order chi connectivity index (χ1) is 11.1. The van der Waals surface area contributed by atoms with E-state index in [-0.39, 0.29) is 5.56 Å². The molecule has 0 aliphatic carbocycles. The molecule has 116 valence electrons. The number of hydrogen-bond acceptors (Lipinski definition) is 3. The smallest absolute Gasteiger partial charge is 0.255 e. The van der Waals surface area contributed by atoms with Crippen molar-refractivity contribution in [3.63, 3.8) is 0 Å². The van der Waals surface area contributed by atoms with E-state index in [1.807, 2.05) is 0 Å². The van der Waals surface area contributed by atoms with Crippen LogP contribution in [0.25, 0.3) is 10.6 Å². The number of amides is 1. The number of aromatic nitrogens is 1. The molecule has 7 heteroatoms. The predicted octanol–water partition coefficient (Wildman–Crippen LogP) is 4.48. The SMILES string of the molecule is O=C(Nc1ccc(F)c(F)c1F)c1cccc(-c2nccs2)c1. The fraction of sp³-hybridized carbons (Fsp3) is 0. The number of nitrogens with one attached hydrogen (secondary N) is 1. The van der Waals surface area contributed by atoms with Crippen molar-refractivity contribution in [2.75, 3.05) is 5.32 Å². The molecule has 0 spiro atoms. The highest BCUT2D eigenvalue weighted by atomic mass is 32.1. The van der Waals surface area contributed by atoms with E-state index in [2.05, 4.69) is 10.3 Å². The molecule has 1 heterocycles. The second-order valence-electron chi connectivity index (χ2n) is 4.60.